The highest BCUT2D eigenvalue weighted by atomic mass is 32.2. The predicted molar refractivity (Wildman–Crippen MR) is 353 cm³/mol. The van der Waals surface area contributed by atoms with Crippen molar-refractivity contribution in [1.82, 2.24) is 60.1 Å². The third-order valence-electron chi connectivity index (χ3n) is 17.5. The minimum atomic E-state index is -3.10. The molecule has 0 saturated carbocycles. The van der Waals surface area contributed by atoms with Crippen LogP contribution in [0.15, 0.2) is 54.7 Å². The number of likely N-dealkylation sites (tertiary alicyclic amines) is 2. The molecule has 524 valence electrons. The number of rotatable bonds is 35. The van der Waals surface area contributed by atoms with Gasteiger partial charge in [0.2, 0.25) is 35.4 Å². The summed E-state index contributed by atoms with van der Waals surface area (Å²) in [5.41, 5.74) is 3.09. The number of carboxylic acid groups (broad SMARTS) is 1. The number of thioether (sulfide) groups is 1. The highest BCUT2D eigenvalue weighted by molar-refractivity contribution is 8.00. The number of ether oxygens (including phenoxy) is 3. The number of unbranched alkanes of at least 4 members (excludes halogenated alkanes) is 2. The fourth-order valence-corrected chi connectivity index (χ4v) is 13.3. The number of hydrogen-bond donors (Lipinski definition) is 4. The first-order valence-electron chi connectivity index (χ1n) is 32.9. The van der Waals surface area contributed by atoms with Gasteiger partial charge in [0.15, 0.2) is 0 Å². The van der Waals surface area contributed by atoms with Crippen molar-refractivity contribution in [3.63, 3.8) is 0 Å². The van der Waals surface area contributed by atoms with E-state index in [-0.39, 0.29) is 74.5 Å². The number of halogens is 2. The maximum atomic E-state index is 14.1. The van der Waals surface area contributed by atoms with Crippen molar-refractivity contribution in [1.29, 1.82) is 0 Å². The number of benzene rings is 2. The van der Waals surface area contributed by atoms with Gasteiger partial charge in [0.05, 0.1) is 61.1 Å². The van der Waals surface area contributed by atoms with Crippen LogP contribution in [-0.4, -0.2) is 283 Å². The number of terminal acetylenes is 1. The average Bonchev–Trinajstić information content (AvgIpc) is 1.55. The standard InChI is InChI=1S/C67H92F2N12O14S/c1-4-53-38-67(68,69)44-81(53)62(87)39-72-64(90)55-19-21-70-57-18-17-54(36-56(55)57)95-35-8-7-22-74-31-33-79(34-32-74)65(91)50(3)40-80-61(86)37-58(66(80)92)96-43-52(11-5-6-20-71-59(84)12-9-10-51-15-13-49(2)14-16-51)73-60(85)41-75-23-24-76(42-63(88)89)26-28-78(46-94-48-83)30-29-77(27-25-75)45-93-47-82/h1,13-19,21,36,47-48,50,52-53,58H,5-12,20,22-35,37-46H2,2-3H3,(H,71,84)(H,72,90)(H,73,85)(H,88,89)/t50-,52+,53+,58?/m1/s1. The van der Waals surface area contributed by atoms with E-state index in [1.54, 1.807) is 34.9 Å². The SMILES string of the molecule is C#C[C@H]1CC(F)(F)CN1C(=O)CNC(=O)c1ccnc2ccc(OCCCCN3CCN(C(=O)[C@H](C)CN4C(=O)CC(SC[C@H](CCCCNC(=O)CCCc5ccc(C)cc5)NC(=O)CN5CCN(COC=O)CCN(COC=O)CCN(CC(=O)O)CC5)C4=O)CC3)cc12. The van der Waals surface area contributed by atoms with Crippen LogP contribution in [0, 0.1) is 25.2 Å². The van der Waals surface area contributed by atoms with E-state index in [0.717, 1.165) is 24.3 Å². The first kappa shape index (κ1) is 75.5. The number of aryl methyl sites for hydroxylation is 2. The Kier molecular flexibility index (Phi) is 30.5. The molecule has 4 aliphatic heterocycles. The molecular weight excluding hydrogens is 1270 g/mol. The summed E-state index contributed by atoms with van der Waals surface area (Å²) in [6.45, 7) is 9.34. The quantitative estimate of drug-likeness (QED) is 0.0284. The number of carbonyl (C=O) groups is 10. The van der Waals surface area contributed by atoms with E-state index in [9.17, 15) is 61.8 Å². The van der Waals surface area contributed by atoms with E-state index < -0.39 is 72.4 Å². The van der Waals surface area contributed by atoms with Gasteiger partial charge in [0.1, 0.15) is 19.2 Å². The summed E-state index contributed by atoms with van der Waals surface area (Å²) in [6.07, 6.45) is 11.3. The van der Waals surface area contributed by atoms with Crippen LogP contribution >= 0.6 is 11.8 Å². The van der Waals surface area contributed by atoms with Crippen LogP contribution in [0.5, 0.6) is 5.75 Å². The molecule has 7 amide bonds. The number of pyridine rings is 1. The number of nitrogens with zero attached hydrogens (tertiary/aromatic N) is 9. The lowest BCUT2D eigenvalue weighted by molar-refractivity contribution is -0.143. The Labute approximate surface area is 563 Å². The Hall–Kier alpha value is -7.88. The smallest absolute Gasteiger partial charge is 0.317 e. The molecule has 1 aromatic heterocycles. The van der Waals surface area contributed by atoms with Crippen LogP contribution in [0.2, 0.25) is 0 Å². The van der Waals surface area contributed by atoms with E-state index in [2.05, 4.69) is 56.0 Å². The van der Waals surface area contributed by atoms with Gasteiger partial charge in [-0.05, 0) is 88.2 Å². The van der Waals surface area contributed by atoms with Crippen molar-refractivity contribution in [3.8, 4) is 18.1 Å². The third kappa shape index (κ3) is 24.6. The molecule has 7 rings (SSSR count). The highest BCUT2D eigenvalue weighted by Gasteiger charge is 2.46. The highest BCUT2D eigenvalue weighted by Crippen LogP contribution is 2.32. The van der Waals surface area contributed by atoms with Crippen molar-refractivity contribution in [2.75, 3.05) is 150 Å². The second-order valence-corrected chi connectivity index (χ2v) is 26.1. The Balaban J connectivity index is 0.863. The summed E-state index contributed by atoms with van der Waals surface area (Å²) in [6, 6.07) is 13.4. The van der Waals surface area contributed by atoms with Crippen molar-refractivity contribution in [2.45, 2.75) is 101 Å². The lowest BCUT2D eigenvalue weighted by Gasteiger charge is -2.36. The molecule has 0 aliphatic carbocycles. The Bertz CT molecular complexity index is 3160. The van der Waals surface area contributed by atoms with Gasteiger partial charge in [-0.25, -0.2) is 8.78 Å². The maximum Gasteiger partial charge on any atom is 0.317 e. The summed E-state index contributed by atoms with van der Waals surface area (Å²) >= 11 is 1.28. The number of imide groups is 1. The molecule has 29 heteroatoms. The number of amides is 7. The van der Waals surface area contributed by atoms with Gasteiger partial charge in [-0.3, -0.25) is 82.3 Å². The first-order valence-corrected chi connectivity index (χ1v) is 34.0. The molecular formula is C67H92F2N12O14S. The molecule has 4 aliphatic rings. The number of fused-ring (bicyclic) bond motifs is 1. The van der Waals surface area contributed by atoms with Gasteiger partial charge in [-0.15, -0.1) is 18.2 Å². The van der Waals surface area contributed by atoms with Gasteiger partial charge in [0.25, 0.3) is 24.8 Å². The van der Waals surface area contributed by atoms with E-state index in [1.165, 1.54) is 40.1 Å². The Morgan fingerprint density at radius 2 is 1.46 bits per heavy atom. The minimum absolute atomic E-state index is 0.00832. The molecule has 4 N–H and O–H groups in total. The van der Waals surface area contributed by atoms with Crippen LogP contribution in [0.1, 0.15) is 86.2 Å². The number of alkyl halides is 2. The lowest BCUT2D eigenvalue weighted by Crippen LogP contribution is -2.51. The number of aliphatic carboxylic acids is 1. The number of aromatic nitrogens is 1. The molecule has 96 heavy (non-hydrogen) atoms. The predicted octanol–water partition coefficient (Wildman–Crippen LogP) is 2.30. The third-order valence-corrected chi connectivity index (χ3v) is 18.9. The second-order valence-electron chi connectivity index (χ2n) is 24.9. The van der Waals surface area contributed by atoms with Crippen molar-refractivity contribution >= 4 is 82.9 Å². The molecule has 1 unspecified atom stereocenters. The Morgan fingerprint density at radius 1 is 0.802 bits per heavy atom. The lowest BCUT2D eigenvalue weighted by atomic mass is 10.1. The van der Waals surface area contributed by atoms with Crippen LogP contribution < -0.4 is 20.7 Å². The zero-order valence-corrected chi connectivity index (χ0v) is 55.8. The second kappa shape index (κ2) is 38.8. The molecule has 4 atom stereocenters. The monoisotopic (exact) mass is 1360 g/mol. The van der Waals surface area contributed by atoms with Crippen LogP contribution in [0.3, 0.4) is 0 Å². The van der Waals surface area contributed by atoms with E-state index in [4.69, 9.17) is 20.6 Å². The molecule has 5 heterocycles. The van der Waals surface area contributed by atoms with Gasteiger partial charge < -0.3 is 45.1 Å². The van der Waals surface area contributed by atoms with Crippen LogP contribution in [0.4, 0.5) is 8.78 Å². The zero-order chi connectivity index (χ0) is 69.0. The molecule has 0 bridgehead atoms. The Morgan fingerprint density at radius 3 is 2.11 bits per heavy atom. The molecule has 4 fully saturated rings. The average molecular weight is 1360 g/mol. The van der Waals surface area contributed by atoms with Crippen LogP contribution in [0.25, 0.3) is 10.9 Å². The fraction of sp³-hybridized carbons (Fsp3) is 0.597. The van der Waals surface area contributed by atoms with E-state index >= 15 is 0 Å². The summed E-state index contributed by atoms with van der Waals surface area (Å²) in [7, 11) is 0. The molecule has 0 radical (unpaired) electrons. The molecule has 26 nitrogen and oxygen atoms in total. The van der Waals surface area contributed by atoms with Gasteiger partial charge in [-0.1, -0.05) is 42.7 Å². The van der Waals surface area contributed by atoms with E-state index in [1.807, 2.05) is 21.6 Å². The number of carboxylic acids is 1. The van der Waals surface area contributed by atoms with Gasteiger partial charge >= 0.3 is 5.97 Å². The molecule has 2 aromatic carbocycles. The van der Waals surface area contributed by atoms with Crippen molar-refractivity contribution in [3.05, 3.63) is 71.4 Å². The number of carbonyl (C=O) groups excluding carboxylic acids is 9. The fourth-order valence-electron chi connectivity index (χ4n) is 12.0. The summed E-state index contributed by atoms with van der Waals surface area (Å²) in [5.74, 6) is -4.35. The first-order chi connectivity index (χ1) is 46.2. The van der Waals surface area contributed by atoms with Gasteiger partial charge in [0, 0.05) is 134 Å². The molecule has 0 spiro atoms. The van der Waals surface area contributed by atoms with Crippen LogP contribution in [-0.2, 0) is 59.0 Å². The van der Waals surface area contributed by atoms with Crippen molar-refractivity contribution in [2.24, 2.45) is 5.92 Å². The van der Waals surface area contributed by atoms with E-state index in [0.29, 0.717) is 160 Å². The zero-order valence-electron chi connectivity index (χ0n) is 55.0. The maximum absolute atomic E-state index is 14.1. The summed E-state index contributed by atoms with van der Waals surface area (Å²) in [5, 5.41) is 18.2. The molecule has 4 saturated heterocycles. The molecule has 3 aromatic rings. The number of hydrogen-bond acceptors (Lipinski definition) is 20. The largest absolute Gasteiger partial charge is 0.494 e. The normalized spacial score (nSPS) is 19.3. The number of piperazine rings is 1. The van der Waals surface area contributed by atoms with Crippen molar-refractivity contribution < 1.29 is 76.0 Å². The topological polar surface area (TPSA) is 294 Å². The summed E-state index contributed by atoms with van der Waals surface area (Å²) < 4.78 is 44.1. The summed E-state index contributed by atoms with van der Waals surface area (Å²) in [4.78, 5) is 146. The number of nitrogens with one attached hydrogen (secondary N) is 3. The minimum Gasteiger partial charge on any atom is -0.494 e. The van der Waals surface area contributed by atoms with Gasteiger partial charge in [-0.2, -0.15) is 0 Å².